The van der Waals surface area contributed by atoms with E-state index in [1.165, 1.54) is 0 Å². The largest absolute Gasteiger partial charge is 0.376 e. The molecule has 64 valence electrons. The van der Waals surface area contributed by atoms with Crippen LogP contribution in [0.3, 0.4) is 0 Å². The molecule has 0 radical (unpaired) electrons. The van der Waals surface area contributed by atoms with Crippen molar-refractivity contribution in [1.82, 2.24) is 4.90 Å². The molecular weight excluding hydrogens is 162 g/mol. The second-order valence-corrected chi connectivity index (χ2v) is 3.02. The minimum Gasteiger partial charge on any atom is -0.376 e. The highest BCUT2D eigenvalue weighted by Gasteiger charge is 2.28. The lowest BCUT2D eigenvalue weighted by molar-refractivity contribution is 0.0264. The van der Waals surface area contributed by atoms with Gasteiger partial charge in [-0.15, -0.1) is 18.8 Å². The van der Waals surface area contributed by atoms with Crippen LogP contribution in [0, 0.1) is 12.3 Å². The van der Waals surface area contributed by atoms with Crippen molar-refractivity contribution in [2.45, 2.75) is 18.4 Å². The maximum Gasteiger partial charge on any atom is 0.137 e. The van der Waals surface area contributed by atoms with Crippen LogP contribution in [0.15, 0.2) is 0 Å². The van der Waals surface area contributed by atoms with E-state index in [1.54, 1.807) is 0 Å². The van der Waals surface area contributed by atoms with Gasteiger partial charge in [0, 0.05) is 6.54 Å². The predicted octanol–water partition coefficient (Wildman–Crippen LogP) is 0.498. The van der Waals surface area contributed by atoms with E-state index in [0.29, 0.717) is 6.54 Å². The Balaban J connectivity index is 0.000001000. The first-order valence-corrected chi connectivity index (χ1v) is 3.55. The van der Waals surface area contributed by atoms with Crippen LogP contribution in [-0.4, -0.2) is 35.7 Å². The van der Waals surface area contributed by atoms with E-state index in [4.69, 9.17) is 6.42 Å². The SMILES string of the molecule is C#CC1(O)CCCN(C)C1.Cl. The van der Waals surface area contributed by atoms with Crippen molar-refractivity contribution in [2.75, 3.05) is 20.1 Å². The number of terminal acetylenes is 1. The zero-order chi connectivity index (χ0) is 7.61. The molecule has 1 fully saturated rings. The van der Waals surface area contributed by atoms with Crippen LogP contribution in [0.25, 0.3) is 0 Å². The Bertz CT molecular complexity index is 166. The molecule has 1 N–H and O–H groups in total. The summed E-state index contributed by atoms with van der Waals surface area (Å²) in [4.78, 5) is 2.06. The molecule has 0 aromatic rings. The third-order valence-electron chi connectivity index (χ3n) is 1.93. The van der Waals surface area contributed by atoms with Gasteiger partial charge >= 0.3 is 0 Å². The fourth-order valence-corrected chi connectivity index (χ4v) is 1.36. The molecule has 0 bridgehead atoms. The normalized spacial score (nSPS) is 32.1. The van der Waals surface area contributed by atoms with Crippen molar-refractivity contribution in [1.29, 1.82) is 0 Å². The highest BCUT2D eigenvalue weighted by molar-refractivity contribution is 5.85. The molecular formula is C8H14ClNO. The number of β-amino-alcohol motifs (C(OH)–C–C–N with tert-alkyl or cyclic N) is 1. The second kappa shape index (κ2) is 3.96. The van der Waals surface area contributed by atoms with Crippen molar-refractivity contribution in [3.63, 3.8) is 0 Å². The Morgan fingerprint density at radius 2 is 2.27 bits per heavy atom. The molecule has 1 unspecified atom stereocenters. The number of piperidine rings is 1. The van der Waals surface area contributed by atoms with E-state index in [2.05, 4.69) is 10.8 Å². The molecule has 1 atom stereocenters. The van der Waals surface area contributed by atoms with Gasteiger partial charge < -0.3 is 10.0 Å². The molecule has 0 aliphatic carbocycles. The maximum atomic E-state index is 9.57. The molecule has 0 amide bonds. The number of hydrogen-bond donors (Lipinski definition) is 1. The number of likely N-dealkylation sites (N-methyl/N-ethyl adjacent to an activating group) is 1. The van der Waals surface area contributed by atoms with Crippen LogP contribution >= 0.6 is 12.4 Å². The van der Waals surface area contributed by atoms with Gasteiger partial charge in [-0.3, -0.25) is 0 Å². The Morgan fingerprint density at radius 1 is 1.64 bits per heavy atom. The van der Waals surface area contributed by atoms with Crippen LogP contribution in [0.4, 0.5) is 0 Å². The number of hydrogen-bond acceptors (Lipinski definition) is 2. The third kappa shape index (κ3) is 2.70. The molecule has 2 nitrogen and oxygen atoms in total. The fraction of sp³-hybridized carbons (Fsp3) is 0.750. The zero-order valence-corrected chi connectivity index (χ0v) is 7.52. The first kappa shape index (κ1) is 10.8. The maximum absolute atomic E-state index is 9.57. The summed E-state index contributed by atoms with van der Waals surface area (Å²) in [5.74, 6) is 2.42. The smallest absolute Gasteiger partial charge is 0.137 e. The minimum atomic E-state index is -0.854. The van der Waals surface area contributed by atoms with Crippen LogP contribution in [-0.2, 0) is 0 Å². The van der Waals surface area contributed by atoms with Crippen molar-refractivity contribution >= 4 is 12.4 Å². The summed E-state index contributed by atoms with van der Waals surface area (Å²) in [7, 11) is 1.97. The Labute approximate surface area is 74.0 Å². The van der Waals surface area contributed by atoms with E-state index in [-0.39, 0.29) is 12.4 Å². The molecule has 1 aliphatic heterocycles. The van der Waals surface area contributed by atoms with Gasteiger partial charge in [0.05, 0.1) is 0 Å². The van der Waals surface area contributed by atoms with Crippen LogP contribution < -0.4 is 0 Å². The lowest BCUT2D eigenvalue weighted by Crippen LogP contribution is -2.45. The van der Waals surface area contributed by atoms with Crippen molar-refractivity contribution in [2.24, 2.45) is 0 Å². The standard InChI is InChI=1S/C8H13NO.ClH/c1-3-8(10)5-4-6-9(2)7-8;/h1,10H,4-7H2,2H3;1H. The van der Waals surface area contributed by atoms with Crippen LogP contribution in [0.2, 0.25) is 0 Å². The Hall–Kier alpha value is -0.230. The summed E-state index contributed by atoms with van der Waals surface area (Å²) in [6.45, 7) is 1.66. The molecule has 11 heavy (non-hydrogen) atoms. The van der Waals surface area contributed by atoms with E-state index >= 15 is 0 Å². The summed E-state index contributed by atoms with van der Waals surface area (Å²) in [5, 5.41) is 9.57. The monoisotopic (exact) mass is 175 g/mol. The highest BCUT2D eigenvalue weighted by atomic mass is 35.5. The molecule has 1 aliphatic rings. The van der Waals surface area contributed by atoms with Gasteiger partial charge in [-0.25, -0.2) is 0 Å². The summed E-state index contributed by atoms with van der Waals surface area (Å²) in [5.41, 5.74) is -0.854. The lowest BCUT2D eigenvalue weighted by Gasteiger charge is -2.33. The molecule has 0 aromatic carbocycles. The number of likely N-dealkylation sites (tertiary alicyclic amines) is 1. The lowest BCUT2D eigenvalue weighted by atomic mass is 9.94. The minimum absolute atomic E-state index is 0. The number of aliphatic hydroxyl groups is 1. The summed E-state index contributed by atoms with van der Waals surface area (Å²) >= 11 is 0. The van der Waals surface area contributed by atoms with Crippen molar-refractivity contribution < 1.29 is 5.11 Å². The van der Waals surface area contributed by atoms with Gasteiger partial charge in [-0.1, -0.05) is 5.92 Å². The molecule has 1 rings (SSSR count). The quantitative estimate of drug-likeness (QED) is 0.542. The average molecular weight is 176 g/mol. The van der Waals surface area contributed by atoms with Gasteiger partial charge in [0.15, 0.2) is 0 Å². The fourth-order valence-electron chi connectivity index (χ4n) is 1.36. The molecule has 1 heterocycles. The molecule has 0 aromatic heterocycles. The van der Waals surface area contributed by atoms with Crippen LogP contribution in [0.5, 0.6) is 0 Å². The van der Waals surface area contributed by atoms with Gasteiger partial charge in [0.1, 0.15) is 5.60 Å². The summed E-state index contributed by atoms with van der Waals surface area (Å²) in [6.07, 6.45) is 6.91. The van der Waals surface area contributed by atoms with Gasteiger partial charge in [0.25, 0.3) is 0 Å². The second-order valence-electron chi connectivity index (χ2n) is 3.02. The van der Waals surface area contributed by atoms with E-state index in [0.717, 1.165) is 19.4 Å². The molecule has 3 heteroatoms. The number of nitrogens with zero attached hydrogens (tertiary/aromatic N) is 1. The van der Waals surface area contributed by atoms with Crippen molar-refractivity contribution in [3.05, 3.63) is 0 Å². The van der Waals surface area contributed by atoms with Crippen LogP contribution in [0.1, 0.15) is 12.8 Å². The average Bonchev–Trinajstić information content (AvgIpc) is 1.88. The zero-order valence-electron chi connectivity index (χ0n) is 6.71. The van der Waals surface area contributed by atoms with E-state index in [9.17, 15) is 5.11 Å². The Kier molecular flexibility index (Phi) is 3.88. The highest BCUT2D eigenvalue weighted by Crippen LogP contribution is 2.18. The third-order valence-corrected chi connectivity index (χ3v) is 1.93. The van der Waals surface area contributed by atoms with Crippen molar-refractivity contribution in [3.8, 4) is 12.3 Å². The summed E-state index contributed by atoms with van der Waals surface area (Å²) < 4.78 is 0. The number of halogens is 1. The van der Waals surface area contributed by atoms with E-state index < -0.39 is 5.60 Å². The molecule has 0 saturated carbocycles. The predicted molar refractivity (Wildman–Crippen MR) is 47.8 cm³/mol. The number of rotatable bonds is 0. The van der Waals surface area contributed by atoms with Gasteiger partial charge in [-0.05, 0) is 26.4 Å². The first-order valence-electron chi connectivity index (χ1n) is 3.55. The van der Waals surface area contributed by atoms with Gasteiger partial charge in [-0.2, -0.15) is 0 Å². The summed E-state index contributed by atoms with van der Waals surface area (Å²) in [6, 6.07) is 0. The van der Waals surface area contributed by atoms with E-state index in [1.807, 2.05) is 7.05 Å². The van der Waals surface area contributed by atoms with Gasteiger partial charge in [0.2, 0.25) is 0 Å². The topological polar surface area (TPSA) is 23.5 Å². The Morgan fingerprint density at radius 3 is 2.64 bits per heavy atom. The molecule has 1 saturated heterocycles. The molecule has 0 spiro atoms. The first-order chi connectivity index (χ1) is 4.66.